The Bertz CT molecular complexity index is 746. The van der Waals surface area contributed by atoms with Crippen molar-refractivity contribution < 1.29 is 28.6 Å². The maximum absolute atomic E-state index is 13.0. The predicted molar refractivity (Wildman–Crippen MR) is 97.5 cm³/mol. The van der Waals surface area contributed by atoms with Gasteiger partial charge in [-0.15, -0.1) is 0 Å². The number of benzene rings is 2. The van der Waals surface area contributed by atoms with Gasteiger partial charge in [-0.1, -0.05) is 19.1 Å². The molecule has 144 valence electrons. The van der Waals surface area contributed by atoms with Crippen molar-refractivity contribution in [1.82, 2.24) is 5.32 Å². The summed E-state index contributed by atoms with van der Waals surface area (Å²) in [5.41, 5.74) is 0.410. The molecule has 2 rings (SSSR count). The number of amides is 1. The van der Waals surface area contributed by atoms with Crippen molar-refractivity contribution in [2.75, 3.05) is 19.8 Å². The number of hydrogen-bond acceptors (Lipinski definition) is 4. The molecule has 2 N–H and O–H groups in total. The number of hydrogen-bond donors (Lipinski definition) is 2. The van der Waals surface area contributed by atoms with Gasteiger partial charge in [-0.25, -0.2) is 4.39 Å². The van der Waals surface area contributed by atoms with E-state index < -0.39 is 23.6 Å². The molecule has 1 amide bonds. The number of carbonyl (C=O) groups is 2. The molecule has 27 heavy (non-hydrogen) atoms. The van der Waals surface area contributed by atoms with E-state index in [1.807, 2.05) is 6.92 Å². The number of rotatable bonds is 10. The van der Waals surface area contributed by atoms with Crippen LogP contribution in [0.2, 0.25) is 0 Å². The van der Waals surface area contributed by atoms with Gasteiger partial charge in [0.15, 0.2) is 6.61 Å². The minimum absolute atomic E-state index is 0.118. The third-order valence-corrected chi connectivity index (χ3v) is 3.74. The standard InChI is InChI=1S/C20H22FNO5/c1-2-11-26-16-7-9-17(10-8-16)27-13-19(23)22-12-18(20(24)25)14-3-5-15(21)6-4-14/h3-10,18H,2,11-13H2,1H3,(H,22,23)(H,24,25). The Balaban J connectivity index is 1.82. The van der Waals surface area contributed by atoms with Gasteiger partial charge in [0.25, 0.3) is 5.91 Å². The fourth-order valence-electron chi connectivity index (χ4n) is 2.31. The Kier molecular flexibility index (Phi) is 7.61. The van der Waals surface area contributed by atoms with Crippen molar-refractivity contribution >= 4 is 11.9 Å². The van der Waals surface area contributed by atoms with Crippen LogP contribution < -0.4 is 14.8 Å². The van der Waals surface area contributed by atoms with Gasteiger partial charge in [0, 0.05) is 6.54 Å². The molecule has 0 aromatic heterocycles. The van der Waals surface area contributed by atoms with E-state index in [-0.39, 0.29) is 13.2 Å². The summed E-state index contributed by atoms with van der Waals surface area (Å²) >= 11 is 0. The molecular formula is C20H22FNO5. The Labute approximate surface area is 156 Å². The third-order valence-electron chi connectivity index (χ3n) is 3.74. The molecule has 0 radical (unpaired) electrons. The Morgan fingerprint density at radius 1 is 1.04 bits per heavy atom. The van der Waals surface area contributed by atoms with Crippen LogP contribution in [0.3, 0.4) is 0 Å². The normalized spacial score (nSPS) is 11.5. The lowest BCUT2D eigenvalue weighted by Gasteiger charge is -2.14. The van der Waals surface area contributed by atoms with Gasteiger partial charge < -0.3 is 19.9 Å². The second-order valence-electron chi connectivity index (χ2n) is 5.85. The summed E-state index contributed by atoms with van der Waals surface area (Å²) in [6.45, 7) is 2.28. The maximum atomic E-state index is 13.0. The minimum Gasteiger partial charge on any atom is -0.494 e. The summed E-state index contributed by atoms with van der Waals surface area (Å²) in [6, 6.07) is 12.0. The maximum Gasteiger partial charge on any atom is 0.312 e. The second-order valence-corrected chi connectivity index (χ2v) is 5.85. The van der Waals surface area contributed by atoms with Gasteiger partial charge in [0.2, 0.25) is 0 Å². The predicted octanol–water partition coefficient (Wildman–Crippen LogP) is 2.98. The van der Waals surface area contributed by atoms with Crippen LogP contribution in [0.4, 0.5) is 4.39 Å². The monoisotopic (exact) mass is 375 g/mol. The zero-order valence-corrected chi connectivity index (χ0v) is 15.0. The molecule has 7 heteroatoms. The van der Waals surface area contributed by atoms with Gasteiger partial charge in [0.05, 0.1) is 12.5 Å². The molecule has 2 aromatic carbocycles. The molecule has 0 spiro atoms. The van der Waals surface area contributed by atoms with Crippen molar-refractivity contribution in [3.8, 4) is 11.5 Å². The molecule has 0 bridgehead atoms. The molecule has 1 unspecified atom stereocenters. The second kappa shape index (κ2) is 10.2. The van der Waals surface area contributed by atoms with Crippen molar-refractivity contribution in [3.63, 3.8) is 0 Å². The highest BCUT2D eigenvalue weighted by atomic mass is 19.1. The van der Waals surface area contributed by atoms with Crippen molar-refractivity contribution in [2.45, 2.75) is 19.3 Å². The number of halogens is 1. The molecule has 2 aromatic rings. The molecule has 0 saturated carbocycles. The van der Waals surface area contributed by atoms with E-state index in [1.54, 1.807) is 24.3 Å². The molecule has 0 aliphatic heterocycles. The molecule has 6 nitrogen and oxygen atoms in total. The summed E-state index contributed by atoms with van der Waals surface area (Å²) < 4.78 is 23.8. The topological polar surface area (TPSA) is 84.9 Å². The number of carbonyl (C=O) groups excluding carboxylic acids is 1. The number of ether oxygens (including phenoxy) is 2. The van der Waals surface area contributed by atoms with Gasteiger partial charge in [-0.2, -0.15) is 0 Å². The van der Waals surface area contributed by atoms with E-state index in [1.165, 1.54) is 24.3 Å². The SMILES string of the molecule is CCCOc1ccc(OCC(=O)NCC(C(=O)O)c2ccc(F)cc2)cc1. The smallest absolute Gasteiger partial charge is 0.312 e. The molecular weight excluding hydrogens is 353 g/mol. The number of carboxylic acids is 1. The average Bonchev–Trinajstić information content (AvgIpc) is 2.67. The van der Waals surface area contributed by atoms with E-state index in [0.717, 1.165) is 12.2 Å². The summed E-state index contributed by atoms with van der Waals surface area (Å²) in [7, 11) is 0. The first kappa shape index (κ1) is 20.2. The first-order chi connectivity index (χ1) is 13.0. The van der Waals surface area contributed by atoms with Crippen LogP contribution in [-0.2, 0) is 9.59 Å². The van der Waals surface area contributed by atoms with E-state index in [9.17, 15) is 19.1 Å². The zero-order valence-electron chi connectivity index (χ0n) is 15.0. The lowest BCUT2D eigenvalue weighted by atomic mass is 9.99. The van der Waals surface area contributed by atoms with E-state index in [2.05, 4.69) is 5.32 Å². The fraction of sp³-hybridized carbons (Fsp3) is 0.300. The third kappa shape index (κ3) is 6.62. The zero-order chi connectivity index (χ0) is 19.6. The number of nitrogens with one attached hydrogen (secondary N) is 1. The summed E-state index contributed by atoms with van der Waals surface area (Å²) in [5.74, 6) is -1.75. The van der Waals surface area contributed by atoms with Gasteiger partial charge in [0.1, 0.15) is 17.3 Å². The van der Waals surface area contributed by atoms with E-state index >= 15 is 0 Å². The van der Waals surface area contributed by atoms with Crippen LogP contribution in [0.5, 0.6) is 11.5 Å². The quantitative estimate of drug-likeness (QED) is 0.667. The molecule has 0 aliphatic carbocycles. The average molecular weight is 375 g/mol. The van der Waals surface area contributed by atoms with E-state index in [0.29, 0.717) is 17.9 Å². The van der Waals surface area contributed by atoms with Gasteiger partial charge in [-0.05, 0) is 48.4 Å². The minimum atomic E-state index is -1.11. The fourth-order valence-corrected chi connectivity index (χ4v) is 2.31. The Morgan fingerprint density at radius 2 is 1.63 bits per heavy atom. The van der Waals surface area contributed by atoms with Crippen LogP contribution in [0.25, 0.3) is 0 Å². The first-order valence-corrected chi connectivity index (χ1v) is 8.60. The molecule has 0 aliphatic rings. The van der Waals surface area contributed by atoms with Crippen molar-refractivity contribution in [3.05, 3.63) is 59.9 Å². The summed E-state index contributed by atoms with van der Waals surface area (Å²) in [5, 5.41) is 11.8. The molecule has 0 saturated heterocycles. The highest BCUT2D eigenvalue weighted by molar-refractivity contribution is 5.80. The molecule has 0 fully saturated rings. The number of aliphatic carboxylic acids is 1. The molecule has 0 heterocycles. The van der Waals surface area contributed by atoms with E-state index in [4.69, 9.17) is 9.47 Å². The molecule has 1 atom stereocenters. The summed E-state index contributed by atoms with van der Waals surface area (Å²) in [6.07, 6.45) is 0.910. The Morgan fingerprint density at radius 3 is 2.19 bits per heavy atom. The van der Waals surface area contributed by atoms with Crippen LogP contribution in [0.1, 0.15) is 24.8 Å². The van der Waals surface area contributed by atoms with Crippen LogP contribution in [-0.4, -0.2) is 36.7 Å². The van der Waals surface area contributed by atoms with Gasteiger partial charge >= 0.3 is 5.97 Å². The van der Waals surface area contributed by atoms with Crippen LogP contribution in [0.15, 0.2) is 48.5 Å². The lowest BCUT2D eigenvalue weighted by molar-refractivity contribution is -0.138. The van der Waals surface area contributed by atoms with Gasteiger partial charge in [-0.3, -0.25) is 9.59 Å². The number of carboxylic acid groups (broad SMARTS) is 1. The largest absolute Gasteiger partial charge is 0.494 e. The first-order valence-electron chi connectivity index (χ1n) is 8.60. The van der Waals surface area contributed by atoms with Crippen molar-refractivity contribution in [2.24, 2.45) is 0 Å². The van der Waals surface area contributed by atoms with Crippen LogP contribution >= 0.6 is 0 Å². The Hall–Kier alpha value is -3.09. The highest BCUT2D eigenvalue weighted by Crippen LogP contribution is 2.18. The lowest BCUT2D eigenvalue weighted by Crippen LogP contribution is -2.34. The van der Waals surface area contributed by atoms with Crippen molar-refractivity contribution in [1.29, 1.82) is 0 Å². The van der Waals surface area contributed by atoms with Crippen LogP contribution in [0, 0.1) is 5.82 Å². The summed E-state index contributed by atoms with van der Waals surface area (Å²) in [4.78, 5) is 23.3. The highest BCUT2D eigenvalue weighted by Gasteiger charge is 2.20.